The molecular weight excluding hydrogens is 396 g/mol. The van der Waals surface area contributed by atoms with Gasteiger partial charge >= 0.3 is 5.97 Å². The zero-order chi connectivity index (χ0) is 21.1. The first-order valence-corrected chi connectivity index (χ1v) is 9.48. The fourth-order valence-corrected chi connectivity index (χ4v) is 3.35. The van der Waals surface area contributed by atoms with Crippen LogP contribution >= 0.6 is 0 Å². The molecule has 0 fully saturated rings. The smallest absolute Gasteiger partial charge is 0.315 e. The maximum atomic E-state index is 12.9. The predicted octanol–water partition coefficient (Wildman–Crippen LogP) is 3.15. The van der Waals surface area contributed by atoms with E-state index in [0.717, 1.165) is 11.1 Å². The molecule has 0 amide bonds. The lowest BCUT2D eigenvalue weighted by atomic mass is 10.1. The van der Waals surface area contributed by atoms with Gasteiger partial charge in [0.25, 0.3) is 12.3 Å². The zero-order valence-electron chi connectivity index (χ0n) is 16.1. The van der Waals surface area contributed by atoms with E-state index in [2.05, 4.69) is 25.5 Å². The first kappa shape index (κ1) is 19.9. The molecule has 156 valence electrons. The Balaban J connectivity index is 1.38. The van der Waals surface area contributed by atoms with Crippen LogP contribution in [-0.4, -0.2) is 38.8 Å². The molecule has 0 spiro atoms. The number of hydrogen-bond acceptors (Lipinski definition) is 8. The Morgan fingerprint density at radius 1 is 1.23 bits per heavy atom. The quantitative estimate of drug-likeness (QED) is 0.587. The fraction of sp³-hybridized carbons (Fsp3) is 0.350. The fourth-order valence-electron chi connectivity index (χ4n) is 3.35. The molecule has 1 aliphatic carbocycles. The molecule has 0 saturated heterocycles. The van der Waals surface area contributed by atoms with Crippen LogP contribution < -0.4 is 5.32 Å². The van der Waals surface area contributed by atoms with Gasteiger partial charge in [0.15, 0.2) is 0 Å². The number of nitrogens with one attached hydrogen (secondary N) is 1. The Kier molecular flexibility index (Phi) is 5.64. The van der Waals surface area contributed by atoms with Gasteiger partial charge in [-0.15, -0.1) is 10.2 Å². The normalized spacial score (nSPS) is 15.3. The lowest BCUT2D eigenvalue weighted by Gasteiger charge is -2.11. The Bertz CT molecular complexity index is 1040. The van der Waals surface area contributed by atoms with Crippen molar-refractivity contribution in [1.29, 1.82) is 0 Å². The summed E-state index contributed by atoms with van der Waals surface area (Å²) < 4.78 is 36.1. The highest BCUT2D eigenvalue weighted by Gasteiger charge is 2.23. The largest absolute Gasteiger partial charge is 0.466 e. The summed E-state index contributed by atoms with van der Waals surface area (Å²) in [5.74, 6) is 0.324. The van der Waals surface area contributed by atoms with Crippen molar-refractivity contribution in [3.05, 3.63) is 53.2 Å². The Morgan fingerprint density at radius 2 is 2.00 bits per heavy atom. The molecule has 1 N–H and O–H groups in total. The minimum Gasteiger partial charge on any atom is -0.466 e. The highest BCUT2D eigenvalue weighted by molar-refractivity contribution is 5.71. The van der Waals surface area contributed by atoms with Gasteiger partial charge in [0.2, 0.25) is 11.8 Å². The SMILES string of the molecule is CCOC(=O)Cc1nnc(-c2cnc(NC3Cc4ccc(C(F)F)cc4C3)nc2)o1. The third-order valence-electron chi connectivity index (χ3n) is 4.71. The number of alkyl halides is 2. The van der Waals surface area contributed by atoms with Crippen molar-refractivity contribution in [1.82, 2.24) is 20.2 Å². The van der Waals surface area contributed by atoms with Crippen LogP contribution in [0.2, 0.25) is 0 Å². The number of esters is 1. The summed E-state index contributed by atoms with van der Waals surface area (Å²) in [6.07, 6.45) is 1.84. The summed E-state index contributed by atoms with van der Waals surface area (Å²) in [4.78, 5) is 20.0. The highest BCUT2D eigenvalue weighted by atomic mass is 19.3. The molecule has 3 aromatic rings. The van der Waals surface area contributed by atoms with Crippen LogP contribution in [0.3, 0.4) is 0 Å². The molecular formula is C20H19F2N5O3. The van der Waals surface area contributed by atoms with Crippen molar-refractivity contribution in [2.45, 2.75) is 38.7 Å². The van der Waals surface area contributed by atoms with Gasteiger partial charge in [-0.1, -0.05) is 12.1 Å². The molecule has 1 unspecified atom stereocenters. The number of fused-ring (bicyclic) bond motifs is 1. The van der Waals surface area contributed by atoms with Gasteiger partial charge in [0.1, 0.15) is 6.42 Å². The molecule has 1 atom stereocenters. The van der Waals surface area contributed by atoms with Gasteiger partial charge < -0.3 is 14.5 Å². The van der Waals surface area contributed by atoms with Gasteiger partial charge in [-0.3, -0.25) is 4.79 Å². The van der Waals surface area contributed by atoms with E-state index in [4.69, 9.17) is 9.15 Å². The summed E-state index contributed by atoms with van der Waals surface area (Å²) in [7, 11) is 0. The number of aromatic nitrogens is 4. The van der Waals surface area contributed by atoms with E-state index >= 15 is 0 Å². The first-order valence-electron chi connectivity index (χ1n) is 9.48. The number of carbonyl (C=O) groups is 1. The number of carbonyl (C=O) groups excluding carboxylic acids is 1. The highest BCUT2D eigenvalue weighted by Crippen LogP contribution is 2.29. The second-order valence-electron chi connectivity index (χ2n) is 6.86. The number of hydrogen-bond donors (Lipinski definition) is 1. The van der Waals surface area contributed by atoms with E-state index < -0.39 is 12.4 Å². The summed E-state index contributed by atoms with van der Waals surface area (Å²) >= 11 is 0. The van der Waals surface area contributed by atoms with Crippen LogP contribution in [0.25, 0.3) is 11.5 Å². The summed E-state index contributed by atoms with van der Waals surface area (Å²) in [5.41, 5.74) is 2.52. The van der Waals surface area contributed by atoms with Gasteiger partial charge in [0, 0.05) is 24.0 Å². The number of halogens is 2. The number of ether oxygens (including phenoxy) is 1. The molecule has 30 heavy (non-hydrogen) atoms. The van der Waals surface area contributed by atoms with E-state index in [9.17, 15) is 13.6 Å². The molecule has 1 aromatic carbocycles. The van der Waals surface area contributed by atoms with Gasteiger partial charge in [0.05, 0.1) is 12.2 Å². The maximum Gasteiger partial charge on any atom is 0.315 e. The zero-order valence-corrected chi connectivity index (χ0v) is 16.1. The summed E-state index contributed by atoms with van der Waals surface area (Å²) in [6, 6.07) is 4.82. The molecule has 2 aromatic heterocycles. The van der Waals surface area contributed by atoms with Crippen molar-refractivity contribution in [2.75, 3.05) is 11.9 Å². The second kappa shape index (κ2) is 8.52. The number of anilines is 1. The molecule has 0 aliphatic heterocycles. The molecule has 0 bridgehead atoms. The third-order valence-corrected chi connectivity index (χ3v) is 4.71. The summed E-state index contributed by atoms with van der Waals surface area (Å²) in [5, 5.41) is 10.9. The molecule has 10 heteroatoms. The van der Waals surface area contributed by atoms with Crippen LogP contribution in [0.15, 0.2) is 35.0 Å². The number of nitrogens with zero attached hydrogens (tertiary/aromatic N) is 4. The van der Waals surface area contributed by atoms with Gasteiger partial charge in [-0.2, -0.15) is 0 Å². The Morgan fingerprint density at radius 3 is 2.73 bits per heavy atom. The Labute approximate surface area is 170 Å². The molecule has 8 nitrogen and oxygen atoms in total. The van der Waals surface area contributed by atoms with Crippen molar-refractivity contribution >= 4 is 11.9 Å². The standard InChI is InChI=1S/C20H19F2N5O3/c1-2-29-17(28)8-16-26-27-19(30-16)14-9-23-20(24-10-14)25-15-6-11-3-4-12(18(21)22)5-13(11)7-15/h3-5,9-10,15,18H,2,6-8H2,1H3,(H,23,24,25). The van der Waals surface area contributed by atoms with Gasteiger partial charge in [-0.25, -0.2) is 18.7 Å². The van der Waals surface area contributed by atoms with E-state index in [1.54, 1.807) is 19.1 Å². The molecule has 1 aliphatic rings. The molecule has 0 saturated carbocycles. The van der Waals surface area contributed by atoms with Crippen molar-refractivity contribution in [2.24, 2.45) is 0 Å². The van der Waals surface area contributed by atoms with Crippen molar-refractivity contribution in [3.63, 3.8) is 0 Å². The molecule has 2 heterocycles. The summed E-state index contributed by atoms with van der Waals surface area (Å²) in [6.45, 7) is 2.00. The topological polar surface area (TPSA) is 103 Å². The van der Waals surface area contributed by atoms with Crippen LogP contribution in [-0.2, 0) is 28.8 Å². The van der Waals surface area contributed by atoms with E-state index in [0.29, 0.717) is 24.4 Å². The van der Waals surface area contributed by atoms with Crippen LogP contribution in [0.4, 0.5) is 14.7 Å². The van der Waals surface area contributed by atoms with E-state index in [1.165, 1.54) is 18.5 Å². The molecule has 0 radical (unpaired) electrons. The van der Waals surface area contributed by atoms with Crippen molar-refractivity contribution < 1.29 is 22.7 Å². The van der Waals surface area contributed by atoms with Crippen molar-refractivity contribution in [3.8, 4) is 11.5 Å². The number of benzene rings is 1. The molecule has 4 rings (SSSR count). The first-order chi connectivity index (χ1) is 14.5. The van der Waals surface area contributed by atoms with Crippen LogP contribution in [0, 0.1) is 0 Å². The average Bonchev–Trinajstić information content (AvgIpc) is 3.34. The van der Waals surface area contributed by atoms with E-state index in [-0.39, 0.29) is 36.4 Å². The van der Waals surface area contributed by atoms with Crippen LogP contribution in [0.1, 0.15) is 35.9 Å². The minimum absolute atomic E-state index is 0.0263. The monoisotopic (exact) mass is 415 g/mol. The second-order valence-corrected chi connectivity index (χ2v) is 6.86. The maximum absolute atomic E-state index is 12.9. The third kappa shape index (κ3) is 4.42. The van der Waals surface area contributed by atoms with Gasteiger partial charge in [-0.05, 0) is 37.0 Å². The lowest BCUT2D eigenvalue weighted by Crippen LogP contribution is -2.20. The minimum atomic E-state index is -2.47. The van der Waals surface area contributed by atoms with E-state index in [1.807, 2.05) is 0 Å². The van der Waals surface area contributed by atoms with Crippen LogP contribution in [0.5, 0.6) is 0 Å². The predicted molar refractivity (Wildman–Crippen MR) is 102 cm³/mol. The average molecular weight is 415 g/mol. The lowest BCUT2D eigenvalue weighted by molar-refractivity contribution is -0.142. The number of rotatable bonds is 7. The Hall–Kier alpha value is -3.43.